The number of hydrogen-bond donors (Lipinski definition) is 1. The Labute approximate surface area is 86.1 Å². The first-order chi connectivity index (χ1) is 5.56. The molecule has 1 aliphatic heterocycles. The standard InChI is InChI=1S/C7H16N2O2S.ClH/c1-3-12(10,11)9-5-4-8-7(2)6-9;/h7-8H,3-6H2,1-2H3;1H/t7-;/m1./s1. The van der Waals surface area contributed by atoms with E-state index >= 15 is 0 Å². The third kappa shape index (κ3) is 3.42. The predicted molar refractivity (Wildman–Crippen MR) is 55.7 cm³/mol. The monoisotopic (exact) mass is 228 g/mol. The Morgan fingerprint density at radius 1 is 1.54 bits per heavy atom. The van der Waals surface area contributed by atoms with Crippen LogP contribution in [0.25, 0.3) is 0 Å². The molecule has 0 amide bonds. The highest BCUT2D eigenvalue weighted by molar-refractivity contribution is 7.89. The van der Waals surface area contributed by atoms with Gasteiger partial charge in [0, 0.05) is 25.7 Å². The second-order valence-corrected chi connectivity index (χ2v) is 5.37. The van der Waals surface area contributed by atoms with Gasteiger partial charge in [-0.15, -0.1) is 12.4 Å². The van der Waals surface area contributed by atoms with E-state index in [0.717, 1.165) is 6.54 Å². The van der Waals surface area contributed by atoms with Crippen molar-refractivity contribution in [3.8, 4) is 0 Å². The molecule has 1 heterocycles. The molecule has 0 aromatic rings. The quantitative estimate of drug-likeness (QED) is 0.727. The van der Waals surface area contributed by atoms with E-state index < -0.39 is 10.0 Å². The van der Waals surface area contributed by atoms with E-state index in [-0.39, 0.29) is 24.2 Å². The molecule has 0 bridgehead atoms. The van der Waals surface area contributed by atoms with E-state index in [1.807, 2.05) is 6.92 Å². The molecule has 1 rings (SSSR count). The first kappa shape index (κ1) is 13.2. The van der Waals surface area contributed by atoms with Gasteiger partial charge in [-0.05, 0) is 13.8 Å². The van der Waals surface area contributed by atoms with Gasteiger partial charge in [0.1, 0.15) is 0 Å². The number of nitrogens with zero attached hydrogens (tertiary/aromatic N) is 1. The maximum absolute atomic E-state index is 11.4. The number of piperazine rings is 1. The van der Waals surface area contributed by atoms with Crippen molar-refractivity contribution >= 4 is 22.4 Å². The van der Waals surface area contributed by atoms with E-state index in [4.69, 9.17) is 0 Å². The summed E-state index contributed by atoms with van der Waals surface area (Å²) in [7, 11) is -2.96. The Balaban J connectivity index is 0.00000144. The maximum atomic E-state index is 11.4. The van der Waals surface area contributed by atoms with Crippen LogP contribution in [0.5, 0.6) is 0 Å². The molecule has 1 fully saturated rings. The highest BCUT2D eigenvalue weighted by atomic mass is 35.5. The van der Waals surface area contributed by atoms with Gasteiger partial charge in [0.15, 0.2) is 0 Å². The van der Waals surface area contributed by atoms with Crippen LogP contribution >= 0.6 is 12.4 Å². The minimum absolute atomic E-state index is 0. The van der Waals surface area contributed by atoms with E-state index in [2.05, 4.69) is 5.32 Å². The Bertz CT molecular complexity index is 243. The van der Waals surface area contributed by atoms with Crippen LogP contribution in [0.15, 0.2) is 0 Å². The summed E-state index contributed by atoms with van der Waals surface area (Å²) in [5.41, 5.74) is 0. The van der Waals surface area contributed by atoms with Crippen LogP contribution in [0, 0.1) is 0 Å². The lowest BCUT2D eigenvalue weighted by Crippen LogP contribution is -2.51. The largest absolute Gasteiger partial charge is 0.312 e. The molecule has 0 saturated carbocycles. The average molecular weight is 229 g/mol. The second-order valence-electron chi connectivity index (χ2n) is 3.11. The third-order valence-electron chi connectivity index (χ3n) is 2.09. The zero-order valence-corrected chi connectivity index (χ0v) is 9.62. The fourth-order valence-electron chi connectivity index (χ4n) is 1.33. The Morgan fingerprint density at radius 3 is 2.62 bits per heavy atom. The van der Waals surface area contributed by atoms with Gasteiger partial charge >= 0.3 is 0 Å². The molecule has 1 aliphatic rings. The fraction of sp³-hybridized carbons (Fsp3) is 1.00. The van der Waals surface area contributed by atoms with Gasteiger partial charge in [0.25, 0.3) is 0 Å². The predicted octanol–water partition coefficient (Wildman–Crippen LogP) is 0.0516. The molecule has 0 aromatic heterocycles. The summed E-state index contributed by atoms with van der Waals surface area (Å²) < 4.78 is 24.4. The minimum Gasteiger partial charge on any atom is -0.312 e. The van der Waals surface area contributed by atoms with Gasteiger partial charge < -0.3 is 5.32 Å². The van der Waals surface area contributed by atoms with E-state index in [1.54, 1.807) is 11.2 Å². The molecular weight excluding hydrogens is 212 g/mol. The normalized spacial score (nSPS) is 25.2. The molecule has 0 unspecified atom stereocenters. The first-order valence-electron chi connectivity index (χ1n) is 4.27. The second kappa shape index (κ2) is 5.14. The number of halogens is 1. The summed E-state index contributed by atoms with van der Waals surface area (Å²) in [5.74, 6) is 0.208. The van der Waals surface area contributed by atoms with Crippen molar-refractivity contribution in [1.82, 2.24) is 9.62 Å². The highest BCUT2D eigenvalue weighted by Gasteiger charge is 2.24. The van der Waals surface area contributed by atoms with Gasteiger partial charge in [0.2, 0.25) is 10.0 Å². The van der Waals surface area contributed by atoms with Crippen molar-refractivity contribution in [3.63, 3.8) is 0 Å². The van der Waals surface area contributed by atoms with Crippen molar-refractivity contribution in [2.45, 2.75) is 19.9 Å². The third-order valence-corrected chi connectivity index (χ3v) is 3.94. The zero-order valence-electron chi connectivity index (χ0n) is 7.99. The number of sulfonamides is 1. The summed E-state index contributed by atoms with van der Waals surface area (Å²) in [6.45, 7) is 5.66. The highest BCUT2D eigenvalue weighted by Crippen LogP contribution is 2.05. The van der Waals surface area contributed by atoms with Crippen molar-refractivity contribution < 1.29 is 8.42 Å². The zero-order chi connectivity index (χ0) is 9.19. The molecule has 0 aromatic carbocycles. The summed E-state index contributed by atoms with van der Waals surface area (Å²) >= 11 is 0. The Morgan fingerprint density at radius 2 is 2.15 bits per heavy atom. The molecule has 4 nitrogen and oxygen atoms in total. The summed E-state index contributed by atoms with van der Waals surface area (Å²) in [6.07, 6.45) is 0. The van der Waals surface area contributed by atoms with Crippen LogP contribution in [-0.2, 0) is 10.0 Å². The summed E-state index contributed by atoms with van der Waals surface area (Å²) in [5, 5.41) is 3.20. The van der Waals surface area contributed by atoms with E-state index in [1.165, 1.54) is 0 Å². The number of rotatable bonds is 2. The van der Waals surface area contributed by atoms with E-state index in [0.29, 0.717) is 13.1 Å². The summed E-state index contributed by atoms with van der Waals surface area (Å²) in [6, 6.07) is 0.278. The van der Waals surface area contributed by atoms with Crippen LogP contribution in [0.1, 0.15) is 13.8 Å². The lowest BCUT2D eigenvalue weighted by atomic mass is 10.3. The molecule has 1 N–H and O–H groups in total. The Kier molecular flexibility index (Phi) is 5.21. The smallest absolute Gasteiger partial charge is 0.213 e. The molecule has 13 heavy (non-hydrogen) atoms. The number of nitrogens with one attached hydrogen (secondary N) is 1. The molecule has 0 spiro atoms. The van der Waals surface area contributed by atoms with Crippen LogP contribution in [0.4, 0.5) is 0 Å². The number of hydrogen-bond acceptors (Lipinski definition) is 3. The van der Waals surface area contributed by atoms with Crippen LogP contribution in [0.3, 0.4) is 0 Å². The molecule has 1 atom stereocenters. The maximum Gasteiger partial charge on any atom is 0.213 e. The summed E-state index contributed by atoms with van der Waals surface area (Å²) in [4.78, 5) is 0. The average Bonchev–Trinajstić information content (AvgIpc) is 2.05. The van der Waals surface area contributed by atoms with Crippen molar-refractivity contribution in [2.24, 2.45) is 0 Å². The molecule has 0 aliphatic carbocycles. The van der Waals surface area contributed by atoms with Crippen molar-refractivity contribution in [2.75, 3.05) is 25.4 Å². The van der Waals surface area contributed by atoms with Crippen LogP contribution in [0.2, 0.25) is 0 Å². The lowest BCUT2D eigenvalue weighted by molar-refractivity contribution is 0.310. The molecule has 0 radical (unpaired) electrons. The van der Waals surface area contributed by atoms with Gasteiger partial charge in [-0.1, -0.05) is 0 Å². The van der Waals surface area contributed by atoms with Gasteiger partial charge in [-0.25, -0.2) is 8.42 Å². The SMILES string of the molecule is CCS(=O)(=O)N1CCN[C@H](C)C1.Cl. The molecule has 1 saturated heterocycles. The molecular formula is C7H17ClN2O2S. The van der Waals surface area contributed by atoms with Crippen LogP contribution in [-0.4, -0.2) is 44.2 Å². The van der Waals surface area contributed by atoms with Crippen molar-refractivity contribution in [1.29, 1.82) is 0 Å². The Hall–Kier alpha value is 0.160. The minimum atomic E-state index is -2.96. The topological polar surface area (TPSA) is 49.4 Å². The van der Waals surface area contributed by atoms with Gasteiger partial charge in [-0.3, -0.25) is 0 Å². The lowest BCUT2D eigenvalue weighted by Gasteiger charge is -2.30. The van der Waals surface area contributed by atoms with E-state index in [9.17, 15) is 8.42 Å². The van der Waals surface area contributed by atoms with Gasteiger partial charge in [0.05, 0.1) is 5.75 Å². The molecule has 80 valence electrons. The van der Waals surface area contributed by atoms with Crippen molar-refractivity contribution in [3.05, 3.63) is 0 Å². The van der Waals surface area contributed by atoms with Gasteiger partial charge in [-0.2, -0.15) is 4.31 Å². The first-order valence-corrected chi connectivity index (χ1v) is 5.88. The fourth-order valence-corrected chi connectivity index (χ4v) is 2.52. The van der Waals surface area contributed by atoms with Crippen LogP contribution < -0.4 is 5.32 Å². The molecule has 6 heteroatoms.